The molecule has 5 heteroatoms. The van der Waals surface area contributed by atoms with Crippen LogP contribution < -0.4 is 10.5 Å². The van der Waals surface area contributed by atoms with Crippen molar-refractivity contribution in [1.29, 1.82) is 0 Å². The standard InChI is InChI=1S/C14H20ClNO3/c1-9(16)7-10-11(15)5-4-6-12(10)19-8-14(2,3)13(17)18/h4-6,9H,7-8,16H2,1-3H3,(H,17,18). The minimum atomic E-state index is -0.950. The van der Waals surface area contributed by atoms with Gasteiger partial charge < -0.3 is 15.6 Å². The molecule has 1 aromatic rings. The monoisotopic (exact) mass is 285 g/mol. The summed E-state index contributed by atoms with van der Waals surface area (Å²) in [4.78, 5) is 11.0. The average molecular weight is 286 g/mol. The van der Waals surface area contributed by atoms with Crippen LogP contribution in [0.15, 0.2) is 18.2 Å². The third kappa shape index (κ3) is 4.40. The van der Waals surface area contributed by atoms with E-state index in [9.17, 15) is 4.79 Å². The number of ether oxygens (including phenoxy) is 1. The minimum absolute atomic E-state index is 0.0465. The number of carboxylic acid groups (broad SMARTS) is 1. The molecule has 1 rings (SSSR count). The highest BCUT2D eigenvalue weighted by atomic mass is 35.5. The van der Waals surface area contributed by atoms with Crippen LogP contribution in [0.5, 0.6) is 5.75 Å². The second-order valence-corrected chi connectivity index (χ2v) is 5.78. The largest absolute Gasteiger partial charge is 0.492 e. The van der Waals surface area contributed by atoms with E-state index in [0.717, 1.165) is 5.56 Å². The second kappa shape index (κ2) is 6.26. The molecule has 4 nitrogen and oxygen atoms in total. The highest BCUT2D eigenvalue weighted by Crippen LogP contribution is 2.29. The Kier molecular flexibility index (Phi) is 5.20. The predicted octanol–water partition coefficient (Wildman–Crippen LogP) is 2.72. The number of aliphatic carboxylic acids is 1. The second-order valence-electron chi connectivity index (χ2n) is 5.38. The number of hydrogen-bond acceptors (Lipinski definition) is 3. The van der Waals surface area contributed by atoms with Crippen LogP contribution in [0.4, 0.5) is 0 Å². The maximum Gasteiger partial charge on any atom is 0.312 e. The maximum atomic E-state index is 11.0. The van der Waals surface area contributed by atoms with Crippen molar-refractivity contribution in [3.63, 3.8) is 0 Å². The van der Waals surface area contributed by atoms with E-state index in [1.54, 1.807) is 32.0 Å². The predicted molar refractivity (Wildman–Crippen MR) is 75.7 cm³/mol. The van der Waals surface area contributed by atoms with Gasteiger partial charge in [0, 0.05) is 16.6 Å². The Morgan fingerprint density at radius 3 is 2.68 bits per heavy atom. The molecule has 3 N–H and O–H groups in total. The van der Waals surface area contributed by atoms with Crippen LogP contribution >= 0.6 is 11.6 Å². The van der Waals surface area contributed by atoms with Crippen LogP contribution in [-0.2, 0) is 11.2 Å². The lowest BCUT2D eigenvalue weighted by Crippen LogP contribution is -2.31. The zero-order chi connectivity index (χ0) is 14.6. The van der Waals surface area contributed by atoms with Crippen molar-refractivity contribution in [2.24, 2.45) is 11.1 Å². The summed E-state index contributed by atoms with van der Waals surface area (Å²) in [7, 11) is 0. The zero-order valence-corrected chi connectivity index (χ0v) is 12.2. The third-order valence-electron chi connectivity index (χ3n) is 2.77. The van der Waals surface area contributed by atoms with Crippen LogP contribution in [0.25, 0.3) is 0 Å². The zero-order valence-electron chi connectivity index (χ0n) is 11.4. The van der Waals surface area contributed by atoms with E-state index in [1.165, 1.54) is 0 Å². The Labute approximate surface area is 118 Å². The van der Waals surface area contributed by atoms with E-state index in [1.807, 2.05) is 6.92 Å². The van der Waals surface area contributed by atoms with Crippen molar-refractivity contribution in [3.05, 3.63) is 28.8 Å². The lowest BCUT2D eigenvalue weighted by molar-refractivity contribution is -0.148. The van der Waals surface area contributed by atoms with Gasteiger partial charge in [0.1, 0.15) is 12.4 Å². The van der Waals surface area contributed by atoms with Gasteiger partial charge in [0.25, 0.3) is 0 Å². The van der Waals surface area contributed by atoms with Gasteiger partial charge in [-0.1, -0.05) is 17.7 Å². The average Bonchev–Trinajstić information content (AvgIpc) is 2.29. The van der Waals surface area contributed by atoms with E-state index in [0.29, 0.717) is 17.2 Å². The Morgan fingerprint density at radius 1 is 1.53 bits per heavy atom. The lowest BCUT2D eigenvalue weighted by Gasteiger charge is -2.21. The molecule has 0 aliphatic heterocycles. The highest BCUT2D eigenvalue weighted by molar-refractivity contribution is 6.31. The molecule has 0 aliphatic carbocycles. The van der Waals surface area contributed by atoms with Crippen LogP contribution in [0, 0.1) is 5.41 Å². The fraction of sp³-hybridized carbons (Fsp3) is 0.500. The van der Waals surface area contributed by atoms with Crippen molar-refractivity contribution in [1.82, 2.24) is 0 Å². The van der Waals surface area contributed by atoms with Crippen molar-refractivity contribution in [2.45, 2.75) is 33.2 Å². The molecule has 0 saturated carbocycles. The first-order valence-corrected chi connectivity index (χ1v) is 6.51. The Hall–Kier alpha value is -1.26. The number of halogens is 1. The molecule has 1 unspecified atom stereocenters. The van der Waals surface area contributed by atoms with Crippen LogP contribution in [-0.4, -0.2) is 23.7 Å². The number of hydrogen-bond donors (Lipinski definition) is 2. The van der Waals surface area contributed by atoms with Gasteiger partial charge in [-0.15, -0.1) is 0 Å². The molecule has 0 aromatic heterocycles. The van der Waals surface area contributed by atoms with E-state index in [4.69, 9.17) is 27.2 Å². The van der Waals surface area contributed by atoms with Crippen LogP contribution in [0.3, 0.4) is 0 Å². The fourth-order valence-electron chi connectivity index (χ4n) is 1.51. The molecule has 0 saturated heterocycles. The highest BCUT2D eigenvalue weighted by Gasteiger charge is 2.28. The quantitative estimate of drug-likeness (QED) is 0.843. The smallest absolute Gasteiger partial charge is 0.312 e. The van der Waals surface area contributed by atoms with E-state index in [-0.39, 0.29) is 12.6 Å². The molecule has 1 atom stereocenters. The van der Waals surface area contributed by atoms with Gasteiger partial charge in [-0.3, -0.25) is 4.79 Å². The number of rotatable bonds is 6. The van der Waals surface area contributed by atoms with E-state index < -0.39 is 11.4 Å². The molecule has 0 radical (unpaired) electrons. The van der Waals surface area contributed by atoms with Crippen molar-refractivity contribution in [3.8, 4) is 5.75 Å². The third-order valence-corrected chi connectivity index (χ3v) is 3.12. The molecule has 0 heterocycles. The Morgan fingerprint density at radius 2 is 2.16 bits per heavy atom. The lowest BCUT2D eigenvalue weighted by atomic mass is 9.95. The molecule has 0 aliphatic rings. The van der Waals surface area contributed by atoms with Crippen molar-refractivity contribution < 1.29 is 14.6 Å². The Balaban J connectivity index is 2.89. The summed E-state index contributed by atoms with van der Waals surface area (Å²) in [6, 6.07) is 5.28. The van der Waals surface area contributed by atoms with Gasteiger partial charge in [0.05, 0.1) is 5.41 Å². The van der Waals surface area contributed by atoms with Gasteiger partial charge >= 0.3 is 5.97 Å². The number of nitrogens with two attached hydrogens (primary N) is 1. The molecule has 0 amide bonds. The number of benzene rings is 1. The van der Waals surface area contributed by atoms with Crippen LogP contribution in [0.2, 0.25) is 5.02 Å². The summed E-state index contributed by atoms with van der Waals surface area (Å²) < 4.78 is 5.62. The fourth-order valence-corrected chi connectivity index (χ4v) is 1.76. The minimum Gasteiger partial charge on any atom is -0.492 e. The summed E-state index contributed by atoms with van der Waals surface area (Å²) in [6.07, 6.45) is 0.586. The number of carbonyl (C=O) groups is 1. The first kappa shape index (κ1) is 15.8. The summed E-state index contributed by atoms with van der Waals surface area (Å²) in [5.41, 5.74) is 5.65. The summed E-state index contributed by atoms with van der Waals surface area (Å²) in [5, 5.41) is 9.65. The SMILES string of the molecule is CC(N)Cc1c(Cl)cccc1OCC(C)(C)C(=O)O. The molecular weight excluding hydrogens is 266 g/mol. The number of carboxylic acids is 1. The molecule has 1 aromatic carbocycles. The molecular formula is C14H20ClNO3. The van der Waals surface area contributed by atoms with Gasteiger partial charge in [-0.2, -0.15) is 0 Å². The molecule has 0 fully saturated rings. The molecule has 106 valence electrons. The molecule has 0 spiro atoms. The summed E-state index contributed by atoms with van der Waals surface area (Å²) in [5.74, 6) is -0.303. The summed E-state index contributed by atoms with van der Waals surface area (Å²) in [6.45, 7) is 5.19. The Bertz CT molecular complexity index is 458. The maximum absolute atomic E-state index is 11.0. The summed E-state index contributed by atoms with van der Waals surface area (Å²) >= 11 is 6.13. The van der Waals surface area contributed by atoms with Crippen molar-refractivity contribution >= 4 is 17.6 Å². The first-order chi connectivity index (χ1) is 8.74. The van der Waals surface area contributed by atoms with Gasteiger partial charge in [0.15, 0.2) is 0 Å². The molecule has 0 bridgehead atoms. The van der Waals surface area contributed by atoms with E-state index >= 15 is 0 Å². The molecule has 19 heavy (non-hydrogen) atoms. The van der Waals surface area contributed by atoms with Gasteiger partial charge in [-0.05, 0) is 39.3 Å². The van der Waals surface area contributed by atoms with Gasteiger partial charge in [-0.25, -0.2) is 0 Å². The van der Waals surface area contributed by atoms with Gasteiger partial charge in [0.2, 0.25) is 0 Å². The van der Waals surface area contributed by atoms with E-state index in [2.05, 4.69) is 0 Å². The van der Waals surface area contributed by atoms with Crippen LogP contribution in [0.1, 0.15) is 26.3 Å². The topological polar surface area (TPSA) is 72.5 Å². The first-order valence-electron chi connectivity index (χ1n) is 6.13. The normalized spacial score (nSPS) is 13.1. The van der Waals surface area contributed by atoms with Crippen molar-refractivity contribution in [2.75, 3.05) is 6.61 Å².